The van der Waals surface area contributed by atoms with Crippen LogP contribution in [-0.4, -0.2) is 19.7 Å². The van der Waals surface area contributed by atoms with Gasteiger partial charge in [0.1, 0.15) is 0 Å². The Kier molecular flexibility index (Phi) is 5.53. The SMILES string of the molecule is CCCCn1c(SCc2nc(-c3ccccc3)no2)nc2ccccc2c1=O. The first kappa shape index (κ1) is 18.4. The predicted octanol–water partition coefficient (Wildman–Crippen LogP) is 4.54. The van der Waals surface area contributed by atoms with E-state index < -0.39 is 0 Å². The van der Waals surface area contributed by atoms with Crippen molar-refractivity contribution in [2.24, 2.45) is 0 Å². The highest BCUT2D eigenvalue weighted by atomic mass is 32.2. The molecule has 0 amide bonds. The molecule has 0 atom stereocenters. The van der Waals surface area contributed by atoms with Gasteiger partial charge >= 0.3 is 0 Å². The van der Waals surface area contributed by atoms with Crippen LogP contribution >= 0.6 is 11.8 Å². The summed E-state index contributed by atoms with van der Waals surface area (Å²) in [6.07, 6.45) is 1.93. The van der Waals surface area contributed by atoms with Crippen LogP contribution in [0.15, 0.2) is 69.1 Å². The molecule has 0 N–H and O–H groups in total. The standard InChI is InChI=1S/C21H20N4O2S/c1-2-3-13-25-20(26)16-11-7-8-12-17(16)22-21(25)28-14-18-23-19(24-27-18)15-9-5-4-6-10-15/h4-12H,2-3,13-14H2,1H3. The molecule has 0 spiro atoms. The Morgan fingerprint density at radius 1 is 1.04 bits per heavy atom. The molecule has 0 aliphatic carbocycles. The van der Waals surface area contributed by atoms with Crippen molar-refractivity contribution in [1.82, 2.24) is 19.7 Å². The quantitative estimate of drug-likeness (QED) is 0.340. The number of aromatic nitrogens is 4. The number of benzene rings is 2. The topological polar surface area (TPSA) is 73.8 Å². The van der Waals surface area contributed by atoms with E-state index in [1.807, 2.05) is 54.6 Å². The number of rotatable bonds is 7. The van der Waals surface area contributed by atoms with Gasteiger partial charge < -0.3 is 4.52 Å². The third-order valence-electron chi connectivity index (χ3n) is 4.39. The van der Waals surface area contributed by atoms with E-state index >= 15 is 0 Å². The molecule has 0 saturated carbocycles. The smallest absolute Gasteiger partial charge is 0.262 e. The number of thioether (sulfide) groups is 1. The lowest BCUT2D eigenvalue weighted by atomic mass is 10.2. The van der Waals surface area contributed by atoms with E-state index in [4.69, 9.17) is 9.51 Å². The molecule has 0 fully saturated rings. The lowest BCUT2D eigenvalue weighted by Crippen LogP contribution is -2.23. The maximum absolute atomic E-state index is 12.9. The fourth-order valence-corrected chi connectivity index (χ4v) is 3.78. The van der Waals surface area contributed by atoms with Gasteiger partial charge in [-0.25, -0.2) is 4.98 Å². The van der Waals surface area contributed by atoms with Crippen molar-refractivity contribution in [1.29, 1.82) is 0 Å². The Bertz CT molecular complexity index is 1140. The number of hydrogen-bond donors (Lipinski definition) is 0. The average molecular weight is 392 g/mol. The van der Waals surface area contributed by atoms with Gasteiger partial charge in [-0.2, -0.15) is 4.98 Å². The van der Waals surface area contributed by atoms with E-state index in [1.165, 1.54) is 11.8 Å². The van der Waals surface area contributed by atoms with Crippen LogP contribution in [0.25, 0.3) is 22.3 Å². The second kappa shape index (κ2) is 8.39. The molecule has 2 aromatic heterocycles. The van der Waals surface area contributed by atoms with Crippen LogP contribution in [-0.2, 0) is 12.3 Å². The minimum Gasteiger partial charge on any atom is -0.338 e. The van der Waals surface area contributed by atoms with E-state index in [0.717, 1.165) is 18.4 Å². The molecule has 2 aromatic carbocycles. The minimum atomic E-state index is -0.00273. The van der Waals surface area contributed by atoms with Crippen LogP contribution < -0.4 is 5.56 Å². The van der Waals surface area contributed by atoms with Crippen molar-refractivity contribution in [3.8, 4) is 11.4 Å². The van der Waals surface area contributed by atoms with Gasteiger partial charge in [-0.3, -0.25) is 9.36 Å². The van der Waals surface area contributed by atoms with Crippen molar-refractivity contribution in [3.05, 3.63) is 70.8 Å². The number of unbranched alkanes of at least 4 members (excludes halogenated alkanes) is 1. The van der Waals surface area contributed by atoms with Gasteiger partial charge in [-0.1, -0.05) is 72.7 Å². The van der Waals surface area contributed by atoms with Gasteiger partial charge in [0.2, 0.25) is 11.7 Å². The fraction of sp³-hybridized carbons (Fsp3) is 0.238. The lowest BCUT2D eigenvalue weighted by Gasteiger charge is -2.12. The van der Waals surface area contributed by atoms with E-state index in [-0.39, 0.29) is 5.56 Å². The van der Waals surface area contributed by atoms with Crippen molar-refractivity contribution < 1.29 is 4.52 Å². The highest BCUT2D eigenvalue weighted by Gasteiger charge is 2.14. The summed E-state index contributed by atoms with van der Waals surface area (Å²) in [6.45, 7) is 2.75. The van der Waals surface area contributed by atoms with Crippen LogP contribution in [0.2, 0.25) is 0 Å². The van der Waals surface area contributed by atoms with Gasteiger partial charge in [0.05, 0.1) is 16.7 Å². The molecule has 28 heavy (non-hydrogen) atoms. The summed E-state index contributed by atoms with van der Waals surface area (Å²) in [5.74, 6) is 1.52. The maximum atomic E-state index is 12.9. The largest absolute Gasteiger partial charge is 0.338 e. The summed E-state index contributed by atoms with van der Waals surface area (Å²) < 4.78 is 7.14. The van der Waals surface area contributed by atoms with Gasteiger partial charge in [0, 0.05) is 12.1 Å². The molecule has 0 saturated heterocycles. The number of para-hydroxylation sites is 1. The van der Waals surface area contributed by atoms with Crippen LogP contribution in [0.5, 0.6) is 0 Å². The fourth-order valence-electron chi connectivity index (χ4n) is 2.92. The highest BCUT2D eigenvalue weighted by Crippen LogP contribution is 2.23. The first-order chi connectivity index (χ1) is 13.8. The van der Waals surface area contributed by atoms with E-state index in [9.17, 15) is 4.79 Å². The summed E-state index contributed by atoms with van der Waals surface area (Å²) in [5.41, 5.74) is 1.61. The Hall–Kier alpha value is -2.93. The number of fused-ring (bicyclic) bond motifs is 1. The van der Waals surface area contributed by atoms with Crippen LogP contribution in [0.3, 0.4) is 0 Å². The molecule has 0 aliphatic rings. The first-order valence-electron chi connectivity index (χ1n) is 9.26. The first-order valence-corrected chi connectivity index (χ1v) is 10.2. The Balaban J connectivity index is 1.60. The van der Waals surface area contributed by atoms with Crippen molar-refractivity contribution in [2.45, 2.75) is 37.2 Å². The summed E-state index contributed by atoms with van der Waals surface area (Å²) in [7, 11) is 0. The van der Waals surface area contributed by atoms with E-state index in [2.05, 4.69) is 17.1 Å². The van der Waals surface area contributed by atoms with Crippen molar-refractivity contribution >= 4 is 22.7 Å². The Morgan fingerprint density at radius 3 is 2.64 bits per heavy atom. The minimum absolute atomic E-state index is 0.00273. The van der Waals surface area contributed by atoms with Gasteiger partial charge in [0.25, 0.3) is 5.56 Å². The second-order valence-electron chi connectivity index (χ2n) is 6.39. The molecule has 0 unspecified atom stereocenters. The third kappa shape index (κ3) is 3.84. The average Bonchev–Trinajstić information content (AvgIpc) is 3.21. The number of nitrogens with zero attached hydrogens (tertiary/aromatic N) is 4. The van der Waals surface area contributed by atoms with Crippen LogP contribution in [0, 0.1) is 0 Å². The van der Waals surface area contributed by atoms with Crippen molar-refractivity contribution in [2.75, 3.05) is 0 Å². The molecule has 0 bridgehead atoms. The summed E-state index contributed by atoms with van der Waals surface area (Å²) >= 11 is 1.44. The normalized spacial score (nSPS) is 11.2. The highest BCUT2D eigenvalue weighted by molar-refractivity contribution is 7.98. The molecular weight excluding hydrogens is 372 g/mol. The zero-order valence-electron chi connectivity index (χ0n) is 15.5. The summed E-state index contributed by atoms with van der Waals surface area (Å²) in [6, 6.07) is 17.1. The van der Waals surface area contributed by atoms with Gasteiger partial charge in [-0.05, 0) is 18.6 Å². The van der Waals surface area contributed by atoms with E-state index in [0.29, 0.717) is 40.1 Å². The number of hydrogen-bond acceptors (Lipinski definition) is 6. The molecule has 6 nitrogen and oxygen atoms in total. The Morgan fingerprint density at radius 2 is 1.82 bits per heavy atom. The lowest BCUT2D eigenvalue weighted by molar-refractivity contribution is 0.391. The molecular formula is C21H20N4O2S. The molecule has 0 radical (unpaired) electrons. The molecule has 4 rings (SSSR count). The molecule has 2 heterocycles. The predicted molar refractivity (Wildman–Crippen MR) is 110 cm³/mol. The van der Waals surface area contributed by atoms with Crippen molar-refractivity contribution in [3.63, 3.8) is 0 Å². The second-order valence-corrected chi connectivity index (χ2v) is 7.33. The van der Waals surface area contributed by atoms with Crippen LogP contribution in [0.1, 0.15) is 25.7 Å². The van der Waals surface area contributed by atoms with Crippen LogP contribution in [0.4, 0.5) is 0 Å². The zero-order valence-corrected chi connectivity index (χ0v) is 16.4. The molecule has 4 aromatic rings. The summed E-state index contributed by atoms with van der Waals surface area (Å²) in [4.78, 5) is 22.1. The zero-order chi connectivity index (χ0) is 19.3. The monoisotopic (exact) mass is 392 g/mol. The maximum Gasteiger partial charge on any atom is 0.262 e. The molecule has 0 aliphatic heterocycles. The molecule has 142 valence electrons. The Labute approximate surface area is 166 Å². The van der Waals surface area contributed by atoms with E-state index in [1.54, 1.807) is 4.57 Å². The van der Waals surface area contributed by atoms with Gasteiger partial charge in [0.15, 0.2) is 5.16 Å². The van der Waals surface area contributed by atoms with Gasteiger partial charge in [-0.15, -0.1) is 0 Å². The third-order valence-corrected chi connectivity index (χ3v) is 5.35. The summed E-state index contributed by atoms with van der Waals surface area (Å²) in [5, 5.41) is 5.37. The molecule has 7 heteroatoms.